The van der Waals surface area contributed by atoms with Gasteiger partial charge in [0.25, 0.3) is 0 Å². The summed E-state index contributed by atoms with van der Waals surface area (Å²) >= 11 is 12.3. The topological polar surface area (TPSA) is 76.9 Å². The van der Waals surface area contributed by atoms with E-state index in [0.29, 0.717) is 32.7 Å². The number of hydrogen-bond donors (Lipinski definition) is 1. The first-order chi connectivity index (χ1) is 12.1. The van der Waals surface area contributed by atoms with E-state index in [9.17, 15) is 5.26 Å². The van der Waals surface area contributed by atoms with Crippen molar-refractivity contribution in [3.05, 3.63) is 63.8 Å². The lowest BCUT2D eigenvalue weighted by Crippen LogP contribution is -2.02. The second kappa shape index (κ2) is 8.43. The molecule has 26 heavy (non-hydrogen) atoms. The van der Waals surface area contributed by atoms with Gasteiger partial charge in [0, 0.05) is 17.1 Å². The minimum absolute atomic E-state index is 0. The smallest absolute Gasteiger partial charge is 0.118 e. The molecule has 2 N–H and O–H groups in total. The van der Waals surface area contributed by atoms with Crippen LogP contribution in [-0.2, 0) is 6.54 Å². The summed E-state index contributed by atoms with van der Waals surface area (Å²) in [6, 6.07) is 14.7. The van der Waals surface area contributed by atoms with Crippen LogP contribution < -0.4 is 10.5 Å². The zero-order chi connectivity index (χ0) is 18.0. The highest BCUT2D eigenvalue weighted by Gasteiger charge is 2.21. The summed E-state index contributed by atoms with van der Waals surface area (Å²) in [7, 11) is 1.60. The van der Waals surface area contributed by atoms with Crippen LogP contribution in [0.15, 0.2) is 42.5 Å². The highest BCUT2D eigenvalue weighted by atomic mass is 35.5. The number of nitriles is 1. The molecule has 8 heteroatoms. The average molecular weight is 410 g/mol. The molecule has 1 aromatic heterocycles. The van der Waals surface area contributed by atoms with Crippen LogP contribution >= 0.6 is 35.6 Å². The summed E-state index contributed by atoms with van der Waals surface area (Å²) < 4.78 is 6.82. The Kier molecular flexibility index (Phi) is 6.52. The molecule has 3 rings (SSSR count). The third-order valence-electron chi connectivity index (χ3n) is 3.76. The molecular formula is C18H15Cl3N4O. The largest absolute Gasteiger partial charge is 0.497 e. The van der Waals surface area contributed by atoms with Crippen molar-refractivity contribution in [2.75, 3.05) is 7.11 Å². The fourth-order valence-corrected chi connectivity index (χ4v) is 3.06. The molecule has 2 aromatic carbocycles. The molecule has 0 saturated carbocycles. The Labute approximate surface area is 167 Å². The number of nitrogens with zero attached hydrogens (tertiary/aromatic N) is 3. The molecule has 0 atom stereocenters. The van der Waals surface area contributed by atoms with Crippen LogP contribution in [-0.4, -0.2) is 16.9 Å². The molecular weight excluding hydrogens is 395 g/mol. The van der Waals surface area contributed by atoms with Crippen molar-refractivity contribution >= 4 is 35.6 Å². The van der Waals surface area contributed by atoms with Crippen molar-refractivity contribution in [3.8, 4) is 28.8 Å². The number of rotatable bonds is 4. The van der Waals surface area contributed by atoms with Gasteiger partial charge < -0.3 is 10.5 Å². The van der Waals surface area contributed by atoms with E-state index in [1.54, 1.807) is 30.0 Å². The van der Waals surface area contributed by atoms with Crippen LogP contribution in [0.4, 0.5) is 0 Å². The Balaban J connectivity index is 0.00000243. The third-order valence-corrected chi connectivity index (χ3v) is 4.30. The minimum atomic E-state index is 0. The first kappa shape index (κ1) is 20.1. The molecule has 0 aliphatic heterocycles. The minimum Gasteiger partial charge on any atom is -0.497 e. The van der Waals surface area contributed by atoms with Crippen molar-refractivity contribution in [2.45, 2.75) is 6.54 Å². The summed E-state index contributed by atoms with van der Waals surface area (Å²) in [5, 5.41) is 15.1. The Hall–Kier alpha value is -2.23. The molecule has 0 unspecified atom stereocenters. The third kappa shape index (κ3) is 3.64. The first-order valence-corrected chi connectivity index (χ1v) is 8.16. The normalized spacial score (nSPS) is 10.1. The van der Waals surface area contributed by atoms with Crippen molar-refractivity contribution in [1.82, 2.24) is 9.78 Å². The number of benzene rings is 2. The summed E-state index contributed by atoms with van der Waals surface area (Å²) in [5.74, 6) is 0.719. The quantitative estimate of drug-likeness (QED) is 0.683. The maximum Gasteiger partial charge on any atom is 0.118 e. The van der Waals surface area contributed by atoms with Gasteiger partial charge in [0.05, 0.1) is 29.2 Å². The number of aromatic nitrogens is 2. The van der Waals surface area contributed by atoms with Crippen molar-refractivity contribution < 1.29 is 4.74 Å². The lowest BCUT2D eigenvalue weighted by Gasteiger charge is -2.10. The molecule has 134 valence electrons. The number of hydrogen-bond acceptors (Lipinski definition) is 4. The molecule has 0 radical (unpaired) electrons. The Morgan fingerprint density at radius 1 is 1.19 bits per heavy atom. The first-order valence-electron chi connectivity index (χ1n) is 7.41. The Bertz CT molecular complexity index is 962. The van der Waals surface area contributed by atoms with E-state index >= 15 is 0 Å². The van der Waals surface area contributed by atoms with Gasteiger partial charge in [-0.2, -0.15) is 10.4 Å². The number of nitrogens with two attached hydrogens (primary N) is 1. The van der Waals surface area contributed by atoms with Gasteiger partial charge in [0.15, 0.2) is 0 Å². The van der Waals surface area contributed by atoms with Gasteiger partial charge in [-0.3, -0.25) is 0 Å². The lowest BCUT2D eigenvalue weighted by molar-refractivity contribution is 0.415. The van der Waals surface area contributed by atoms with Gasteiger partial charge in [-0.15, -0.1) is 12.4 Å². The summed E-state index contributed by atoms with van der Waals surface area (Å²) in [5.41, 5.74) is 8.73. The molecule has 0 aliphatic carbocycles. The van der Waals surface area contributed by atoms with Gasteiger partial charge in [-0.25, -0.2) is 4.68 Å². The fraction of sp³-hybridized carbons (Fsp3) is 0.111. The van der Waals surface area contributed by atoms with Crippen LogP contribution in [0.3, 0.4) is 0 Å². The molecule has 1 heterocycles. The predicted molar refractivity (Wildman–Crippen MR) is 105 cm³/mol. The van der Waals surface area contributed by atoms with Gasteiger partial charge in [-0.05, 0) is 42.5 Å². The second-order valence-electron chi connectivity index (χ2n) is 5.22. The van der Waals surface area contributed by atoms with Crippen molar-refractivity contribution in [1.29, 1.82) is 5.26 Å². The zero-order valence-electron chi connectivity index (χ0n) is 13.7. The number of ether oxygens (including phenoxy) is 1. The van der Waals surface area contributed by atoms with Gasteiger partial charge in [-0.1, -0.05) is 23.2 Å². The average Bonchev–Trinajstić information content (AvgIpc) is 3.00. The van der Waals surface area contributed by atoms with Gasteiger partial charge >= 0.3 is 0 Å². The summed E-state index contributed by atoms with van der Waals surface area (Å²) in [4.78, 5) is 0. The molecule has 0 fully saturated rings. The van der Waals surface area contributed by atoms with Crippen LogP contribution in [0.25, 0.3) is 16.9 Å². The maximum absolute atomic E-state index is 9.63. The van der Waals surface area contributed by atoms with Crippen LogP contribution in [0.1, 0.15) is 11.3 Å². The Morgan fingerprint density at radius 3 is 2.42 bits per heavy atom. The summed E-state index contributed by atoms with van der Waals surface area (Å²) in [6.07, 6.45) is 0. The van der Waals surface area contributed by atoms with Crippen molar-refractivity contribution in [3.63, 3.8) is 0 Å². The van der Waals surface area contributed by atoms with Crippen LogP contribution in [0.2, 0.25) is 10.0 Å². The van der Waals surface area contributed by atoms with E-state index in [2.05, 4.69) is 11.2 Å². The molecule has 5 nitrogen and oxygen atoms in total. The standard InChI is InChI=1S/C18H14Cl2N4O.ClH/c1-25-13-5-2-11(3-6-13)18-14(9-21)16(10-22)23-24(18)17-7-4-12(19)8-15(17)20;/h2-8H,10,22H2,1H3;1H. The molecule has 0 amide bonds. The molecule has 3 aromatic rings. The molecule has 0 spiro atoms. The van der Waals surface area contributed by atoms with E-state index in [1.807, 2.05) is 24.3 Å². The van der Waals surface area contributed by atoms with E-state index in [4.69, 9.17) is 33.7 Å². The zero-order valence-corrected chi connectivity index (χ0v) is 16.1. The number of methoxy groups -OCH3 is 1. The van der Waals surface area contributed by atoms with Gasteiger partial charge in [0.2, 0.25) is 0 Å². The van der Waals surface area contributed by atoms with Crippen molar-refractivity contribution in [2.24, 2.45) is 5.73 Å². The fourth-order valence-electron chi connectivity index (χ4n) is 2.57. The molecule has 0 saturated heterocycles. The SMILES string of the molecule is COc1ccc(-c2c(C#N)c(CN)nn2-c2ccc(Cl)cc2Cl)cc1.Cl. The number of halogens is 3. The van der Waals surface area contributed by atoms with Crippen LogP contribution in [0, 0.1) is 11.3 Å². The maximum atomic E-state index is 9.63. The van der Waals surface area contributed by atoms with E-state index in [-0.39, 0.29) is 19.0 Å². The predicted octanol–water partition coefficient (Wildman–Crippen LogP) is 4.61. The molecule has 0 aliphatic rings. The monoisotopic (exact) mass is 408 g/mol. The van der Waals surface area contributed by atoms with E-state index in [1.165, 1.54) is 0 Å². The van der Waals surface area contributed by atoms with Crippen LogP contribution in [0.5, 0.6) is 5.75 Å². The molecule has 0 bridgehead atoms. The van der Waals surface area contributed by atoms with E-state index in [0.717, 1.165) is 11.3 Å². The van der Waals surface area contributed by atoms with E-state index < -0.39 is 0 Å². The van der Waals surface area contributed by atoms with Gasteiger partial charge in [0.1, 0.15) is 17.4 Å². The Morgan fingerprint density at radius 2 is 1.88 bits per heavy atom. The second-order valence-corrected chi connectivity index (χ2v) is 6.07. The lowest BCUT2D eigenvalue weighted by atomic mass is 10.1. The highest BCUT2D eigenvalue weighted by molar-refractivity contribution is 6.35. The highest BCUT2D eigenvalue weighted by Crippen LogP contribution is 2.33. The summed E-state index contributed by atoms with van der Waals surface area (Å²) in [6.45, 7) is 0.143.